The van der Waals surface area contributed by atoms with Crippen LogP contribution in [-0.4, -0.2) is 39.3 Å². The van der Waals surface area contributed by atoms with Crippen molar-refractivity contribution in [3.8, 4) is 11.5 Å². The molecule has 1 aromatic carbocycles. The van der Waals surface area contributed by atoms with Crippen molar-refractivity contribution < 1.29 is 14.3 Å². The lowest BCUT2D eigenvalue weighted by Crippen LogP contribution is -2.47. The normalized spacial score (nSPS) is 22.4. The van der Waals surface area contributed by atoms with Gasteiger partial charge >= 0.3 is 0 Å². The van der Waals surface area contributed by atoms with E-state index in [0.29, 0.717) is 6.54 Å². The standard InChI is InChI=1S/C20H30N2O3/c1-24-17-9-8-15(13-18(17)25-2)20(10-4-3-5-11-20)14-22-19(23)16-7-6-12-21-16/h8-9,13,16,21H,3-7,10-12,14H2,1-2H3,(H,22,23). The van der Waals surface area contributed by atoms with Crippen LogP contribution < -0.4 is 20.1 Å². The summed E-state index contributed by atoms with van der Waals surface area (Å²) in [5, 5.41) is 6.51. The van der Waals surface area contributed by atoms with Crippen LogP contribution in [0.5, 0.6) is 11.5 Å². The van der Waals surface area contributed by atoms with Gasteiger partial charge in [0.15, 0.2) is 11.5 Å². The maximum Gasteiger partial charge on any atom is 0.237 e. The summed E-state index contributed by atoms with van der Waals surface area (Å²) in [4.78, 5) is 12.5. The molecule has 3 rings (SSSR count). The smallest absolute Gasteiger partial charge is 0.237 e. The molecule has 138 valence electrons. The van der Waals surface area contributed by atoms with Gasteiger partial charge in [-0.1, -0.05) is 25.3 Å². The van der Waals surface area contributed by atoms with Gasteiger partial charge in [0.2, 0.25) is 5.91 Å². The Kier molecular flexibility index (Phi) is 5.84. The summed E-state index contributed by atoms with van der Waals surface area (Å²) in [5.41, 5.74) is 1.23. The Bertz CT molecular complexity index is 591. The van der Waals surface area contributed by atoms with Gasteiger partial charge in [-0.15, -0.1) is 0 Å². The Morgan fingerprint density at radius 3 is 2.56 bits per heavy atom. The van der Waals surface area contributed by atoms with Gasteiger partial charge in [0.05, 0.1) is 20.3 Å². The number of amides is 1. The van der Waals surface area contributed by atoms with Crippen LogP contribution in [0.1, 0.15) is 50.5 Å². The lowest BCUT2D eigenvalue weighted by molar-refractivity contribution is -0.123. The Hall–Kier alpha value is -1.75. The first-order valence-electron chi connectivity index (χ1n) is 9.42. The maximum atomic E-state index is 12.5. The van der Waals surface area contributed by atoms with Gasteiger partial charge in [0.25, 0.3) is 0 Å². The van der Waals surface area contributed by atoms with E-state index < -0.39 is 0 Å². The molecule has 5 nitrogen and oxygen atoms in total. The zero-order valence-electron chi connectivity index (χ0n) is 15.4. The van der Waals surface area contributed by atoms with E-state index >= 15 is 0 Å². The molecule has 0 radical (unpaired) electrons. The molecule has 0 bridgehead atoms. The van der Waals surface area contributed by atoms with E-state index in [4.69, 9.17) is 9.47 Å². The second kappa shape index (κ2) is 8.09. The first kappa shape index (κ1) is 18.1. The lowest BCUT2D eigenvalue weighted by Gasteiger charge is -2.38. The third-order valence-corrected chi connectivity index (χ3v) is 5.78. The Labute approximate surface area is 150 Å². The summed E-state index contributed by atoms with van der Waals surface area (Å²) >= 11 is 0. The molecular formula is C20H30N2O3. The van der Waals surface area contributed by atoms with Crippen LogP contribution in [0.15, 0.2) is 18.2 Å². The first-order valence-corrected chi connectivity index (χ1v) is 9.42. The molecule has 1 atom stereocenters. The molecule has 25 heavy (non-hydrogen) atoms. The monoisotopic (exact) mass is 346 g/mol. The fourth-order valence-electron chi connectivity index (χ4n) is 4.25. The van der Waals surface area contributed by atoms with Crippen molar-refractivity contribution in [2.75, 3.05) is 27.3 Å². The molecule has 1 heterocycles. The average molecular weight is 346 g/mol. The number of hydrogen-bond acceptors (Lipinski definition) is 4. The molecule has 2 N–H and O–H groups in total. The molecule has 1 aromatic rings. The number of hydrogen-bond donors (Lipinski definition) is 2. The Balaban J connectivity index is 1.79. The maximum absolute atomic E-state index is 12.5. The highest BCUT2D eigenvalue weighted by molar-refractivity contribution is 5.82. The van der Waals surface area contributed by atoms with Crippen LogP contribution in [-0.2, 0) is 10.2 Å². The van der Waals surface area contributed by atoms with Gasteiger partial charge in [0.1, 0.15) is 0 Å². The van der Waals surface area contributed by atoms with Crippen LogP contribution in [0.4, 0.5) is 0 Å². The van der Waals surface area contributed by atoms with Gasteiger partial charge in [-0.25, -0.2) is 0 Å². The summed E-state index contributed by atoms with van der Waals surface area (Å²) in [5.74, 6) is 1.65. The van der Waals surface area contributed by atoms with Crippen molar-refractivity contribution in [3.63, 3.8) is 0 Å². The Morgan fingerprint density at radius 2 is 1.92 bits per heavy atom. The molecule has 0 spiro atoms. The van der Waals surface area contributed by atoms with Crippen LogP contribution >= 0.6 is 0 Å². The number of carbonyl (C=O) groups excluding carboxylic acids is 1. The summed E-state index contributed by atoms with van der Waals surface area (Å²) in [7, 11) is 3.32. The van der Waals surface area contributed by atoms with Crippen molar-refractivity contribution in [1.82, 2.24) is 10.6 Å². The van der Waals surface area contributed by atoms with Crippen molar-refractivity contribution >= 4 is 5.91 Å². The van der Waals surface area contributed by atoms with Crippen molar-refractivity contribution in [2.24, 2.45) is 0 Å². The minimum absolute atomic E-state index is 0.00787. The minimum atomic E-state index is -0.0222. The molecule has 1 saturated carbocycles. The largest absolute Gasteiger partial charge is 0.493 e. The third-order valence-electron chi connectivity index (χ3n) is 5.78. The van der Waals surface area contributed by atoms with Crippen molar-refractivity contribution in [3.05, 3.63) is 23.8 Å². The summed E-state index contributed by atoms with van der Waals surface area (Å²) < 4.78 is 10.9. The van der Waals surface area contributed by atoms with E-state index in [2.05, 4.69) is 22.8 Å². The number of ether oxygens (including phenoxy) is 2. The van der Waals surface area contributed by atoms with E-state index in [-0.39, 0.29) is 17.4 Å². The van der Waals surface area contributed by atoms with Crippen LogP contribution in [0.25, 0.3) is 0 Å². The molecule has 2 aliphatic rings. The fraction of sp³-hybridized carbons (Fsp3) is 0.650. The second-order valence-corrected chi connectivity index (χ2v) is 7.28. The zero-order chi connectivity index (χ0) is 17.7. The molecule has 1 aliphatic carbocycles. The van der Waals surface area contributed by atoms with Gasteiger partial charge in [-0.3, -0.25) is 4.79 Å². The molecule has 1 amide bonds. The van der Waals surface area contributed by atoms with Crippen molar-refractivity contribution in [1.29, 1.82) is 0 Å². The molecule has 1 aliphatic heterocycles. The highest BCUT2D eigenvalue weighted by Crippen LogP contribution is 2.42. The highest BCUT2D eigenvalue weighted by atomic mass is 16.5. The second-order valence-electron chi connectivity index (χ2n) is 7.28. The quantitative estimate of drug-likeness (QED) is 0.831. The average Bonchev–Trinajstić information content (AvgIpc) is 3.21. The molecular weight excluding hydrogens is 316 g/mol. The Morgan fingerprint density at radius 1 is 1.16 bits per heavy atom. The topological polar surface area (TPSA) is 59.6 Å². The minimum Gasteiger partial charge on any atom is -0.493 e. The fourth-order valence-corrected chi connectivity index (χ4v) is 4.25. The number of carbonyl (C=O) groups is 1. The number of nitrogens with one attached hydrogen (secondary N) is 2. The highest BCUT2D eigenvalue weighted by Gasteiger charge is 2.35. The predicted octanol–water partition coefficient (Wildman–Crippen LogP) is 2.77. The zero-order valence-corrected chi connectivity index (χ0v) is 15.4. The SMILES string of the molecule is COc1ccc(C2(CNC(=O)C3CCCN3)CCCCC2)cc1OC. The van der Waals surface area contributed by atoms with Gasteiger partial charge < -0.3 is 20.1 Å². The third kappa shape index (κ3) is 3.92. The van der Waals surface area contributed by atoms with Crippen LogP contribution in [0.3, 0.4) is 0 Å². The molecule has 0 aromatic heterocycles. The van der Waals surface area contributed by atoms with E-state index in [9.17, 15) is 4.79 Å². The summed E-state index contributed by atoms with van der Waals surface area (Å²) in [6.45, 7) is 1.64. The number of benzene rings is 1. The van der Waals surface area contributed by atoms with Crippen molar-refractivity contribution in [2.45, 2.75) is 56.4 Å². The van der Waals surface area contributed by atoms with E-state index in [0.717, 1.165) is 43.7 Å². The van der Waals surface area contributed by atoms with E-state index in [1.54, 1.807) is 14.2 Å². The molecule has 2 fully saturated rings. The van der Waals surface area contributed by atoms with Crippen LogP contribution in [0.2, 0.25) is 0 Å². The summed E-state index contributed by atoms with van der Waals surface area (Å²) in [6, 6.07) is 6.17. The van der Waals surface area contributed by atoms with E-state index in [1.807, 2.05) is 6.07 Å². The van der Waals surface area contributed by atoms with Gasteiger partial charge in [-0.2, -0.15) is 0 Å². The summed E-state index contributed by atoms with van der Waals surface area (Å²) in [6.07, 6.45) is 7.89. The molecule has 5 heteroatoms. The van der Waals surface area contributed by atoms with Crippen LogP contribution in [0, 0.1) is 0 Å². The molecule has 1 unspecified atom stereocenters. The lowest BCUT2D eigenvalue weighted by atomic mass is 9.69. The van der Waals surface area contributed by atoms with Gasteiger partial charge in [0, 0.05) is 12.0 Å². The number of methoxy groups -OCH3 is 2. The number of rotatable bonds is 6. The van der Waals surface area contributed by atoms with E-state index in [1.165, 1.54) is 24.8 Å². The van der Waals surface area contributed by atoms with Gasteiger partial charge in [-0.05, 0) is 49.9 Å². The predicted molar refractivity (Wildman–Crippen MR) is 98.3 cm³/mol. The molecule has 1 saturated heterocycles. The first-order chi connectivity index (χ1) is 12.2.